The van der Waals surface area contributed by atoms with Gasteiger partial charge in [-0.3, -0.25) is 4.79 Å². The first-order valence-electron chi connectivity index (χ1n) is 4.63. The molecule has 1 saturated heterocycles. The Labute approximate surface area is 84.2 Å². The monoisotopic (exact) mass is 198 g/mol. The second kappa shape index (κ2) is 6.18. The highest BCUT2D eigenvalue weighted by Crippen LogP contribution is 2.07. The molecule has 0 aromatic heterocycles. The molecule has 1 fully saturated rings. The van der Waals surface area contributed by atoms with Gasteiger partial charge in [-0.1, -0.05) is 6.58 Å². The van der Waals surface area contributed by atoms with Gasteiger partial charge in [-0.15, -0.1) is 0 Å². The molecule has 0 aromatic rings. The number of amides is 1. The van der Waals surface area contributed by atoms with E-state index < -0.39 is 5.97 Å². The second-order valence-electron chi connectivity index (χ2n) is 3.14. The Hall–Kier alpha value is -1.32. The van der Waals surface area contributed by atoms with E-state index in [9.17, 15) is 14.7 Å². The van der Waals surface area contributed by atoms with Crippen LogP contribution in [0.5, 0.6) is 0 Å². The molecule has 0 saturated carbocycles. The van der Waals surface area contributed by atoms with Crippen LogP contribution in [0.3, 0.4) is 0 Å². The Balaban J connectivity index is 0.000000255. The lowest BCUT2D eigenvalue weighted by atomic mass is 10.4. The molecular weight excluding hydrogens is 182 g/mol. The summed E-state index contributed by atoms with van der Waals surface area (Å²) in [6.45, 7) is 8.36. The Morgan fingerprint density at radius 2 is 2.07 bits per heavy atom. The van der Waals surface area contributed by atoms with Gasteiger partial charge in [0.2, 0.25) is 5.91 Å². The van der Waals surface area contributed by atoms with Crippen LogP contribution >= 0.6 is 0 Å². The van der Waals surface area contributed by atoms with Crippen LogP contribution < -0.4 is 0 Å². The summed E-state index contributed by atoms with van der Waals surface area (Å²) in [4.78, 5) is 22.1. The molecule has 0 unspecified atom stereocenters. The fraction of sp³-hybridized carbons (Fsp3) is 0.600. The SMILES string of the molecule is C=C(C)C([O])=O.CCN1CCCC1=O. The van der Waals surface area contributed by atoms with E-state index in [0.29, 0.717) is 5.91 Å². The zero-order valence-electron chi connectivity index (χ0n) is 8.71. The number of carbonyl (C=O) groups is 2. The molecule has 4 nitrogen and oxygen atoms in total. The number of rotatable bonds is 2. The molecule has 14 heavy (non-hydrogen) atoms. The quantitative estimate of drug-likeness (QED) is 0.625. The third-order valence-electron chi connectivity index (χ3n) is 1.90. The summed E-state index contributed by atoms with van der Waals surface area (Å²) in [5, 5.41) is 9.49. The van der Waals surface area contributed by atoms with E-state index in [0.717, 1.165) is 25.9 Å². The van der Waals surface area contributed by atoms with Crippen LogP contribution in [-0.4, -0.2) is 29.9 Å². The van der Waals surface area contributed by atoms with E-state index >= 15 is 0 Å². The summed E-state index contributed by atoms with van der Waals surface area (Å²) in [7, 11) is 0. The van der Waals surface area contributed by atoms with Gasteiger partial charge in [0.25, 0.3) is 0 Å². The summed E-state index contributed by atoms with van der Waals surface area (Å²) in [5.74, 6) is -0.859. The van der Waals surface area contributed by atoms with Crippen LogP contribution in [0.4, 0.5) is 0 Å². The summed E-state index contributed by atoms with van der Waals surface area (Å²) in [6, 6.07) is 0. The summed E-state index contributed by atoms with van der Waals surface area (Å²) in [5.41, 5.74) is 0.0648. The average Bonchev–Trinajstić information content (AvgIpc) is 2.51. The van der Waals surface area contributed by atoms with Crippen LogP contribution in [0.15, 0.2) is 12.2 Å². The largest absolute Gasteiger partial charge is 0.381 e. The van der Waals surface area contributed by atoms with Gasteiger partial charge < -0.3 is 4.90 Å². The summed E-state index contributed by atoms with van der Waals surface area (Å²) >= 11 is 0. The molecule has 1 aliphatic heterocycles. The lowest BCUT2D eigenvalue weighted by Gasteiger charge is -2.10. The molecule has 1 aliphatic rings. The second-order valence-corrected chi connectivity index (χ2v) is 3.14. The minimum Gasteiger partial charge on any atom is -0.343 e. The third kappa shape index (κ3) is 4.64. The molecule has 1 radical (unpaired) electrons. The molecule has 1 heterocycles. The van der Waals surface area contributed by atoms with Gasteiger partial charge >= 0.3 is 5.97 Å². The first-order valence-corrected chi connectivity index (χ1v) is 4.63. The Bertz CT molecular complexity index is 224. The highest BCUT2D eigenvalue weighted by atomic mass is 16.4. The molecule has 1 rings (SSSR count). The van der Waals surface area contributed by atoms with Crippen molar-refractivity contribution < 1.29 is 14.7 Å². The van der Waals surface area contributed by atoms with Crippen molar-refractivity contribution in [3.63, 3.8) is 0 Å². The maximum absolute atomic E-state index is 10.7. The zero-order valence-corrected chi connectivity index (χ0v) is 8.71. The lowest BCUT2D eigenvalue weighted by molar-refractivity contribution is -0.138. The van der Waals surface area contributed by atoms with Gasteiger partial charge in [-0.05, 0) is 20.3 Å². The molecule has 79 valence electrons. The minimum atomic E-state index is -1.19. The summed E-state index contributed by atoms with van der Waals surface area (Å²) in [6.07, 6.45) is 1.83. The van der Waals surface area contributed by atoms with Crippen molar-refractivity contribution in [2.75, 3.05) is 13.1 Å². The fourth-order valence-corrected chi connectivity index (χ4v) is 1.04. The van der Waals surface area contributed by atoms with Crippen molar-refractivity contribution in [3.8, 4) is 0 Å². The highest BCUT2D eigenvalue weighted by molar-refractivity contribution is 5.84. The van der Waals surface area contributed by atoms with Crippen LogP contribution in [0.1, 0.15) is 26.7 Å². The van der Waals surface area contributed by atoms with Gasteiger partial charge in [0.1, 0.15) is 0 Å². The van der Waals surface area contributed by atoms with Crippen molar-refractivity contribution in [3.05, 3.63) is 12.2 Å². The lowest BCUT2D eigenvalue weighted by Crippen LogP contribution is -2.23. The standard InChI is InChI=1S/C6H11NO.C4H5O2/c1-2-7-5-3-4-6(7)8;1-3(2)4(5)6/h2-5H2,1H3;1H2,2H3. The molecule has 0 N–H and O–H groups in total. The van der Waals surface area contributed by atoms with Gasteiger partial charge in [-0.2, -0.15) is 0 Å². The van der Waals surface area contributed by atoms with Crippen molar-refractivity contribution in [2.24, 2.45) is 0 Å². The van der Waals surface area contributed by atoms with Crippen LogP contribution in [0.2, 0.25) is 0 Å². The Morgan fingerprint density at radius 1 is 1.57 bits per heavy atom. The van der Waals surface area contributed by atoms with E-state index in [1.54, 1.807) is 0 Å². The molecule has 0 bridgehead atoms. The van der Waals surface area contributed by atoms with Crippen molar-refractivity contribution in [1.29, 1.82) is 0 Å². The maximum atomic E-state index is 10.7. The first kappa shape index (κ1) is 12.7. The average molecular weight is 198 g/mol. The molecule has 0 spiro atoms. The van der Waals surface area contributed by atoms with E-state index in [1.165, 1.54) is 6.92 Å². The predicted octanol–water partition coefficient (Wildman–Crippen LogP) is 1.15. The number of hydrogen-bond donors (Lipinski definition) is 0. The van der Waals surface area contributed by atoms with Crippen molar-refractivity contribution in [1.82, 2.24) is 4.90 Å². The fourth-order valence-electron chi connectivity index (χ4n) is 1.04. The van der Waals surface area contributed by atoms with Crippen LogP contribution in [0, 0.1) is 0 Å². The predicted molar refractivity (Wildman–Crippen MR) is 52.0 cm³/mol. The van der Waals surface area contributed by atoms with Crippen LogP contribution in [0.25, 0.3) is 0 Å². The number of hydrogen-bond acceptors (Lipinski definition) is 2. The Morgan fingerprint density at radius 3 is 2.21 bits per heavy atom. The van der Waals surface area contributed by atoms with Gasteiger partial charge in [0, 0.05) is 25.1 Å². The molecular formula is C10H16NO3. The molecule has 4 heteroatoms. The number of nitrogens with zero attached hydrogens (tertiary/aromatic N) is 1. The highest BCUT2D eigenvalue weighted by Gasteiger charge is 2.16. The molecule has 1 amide bonds. The van der Waals surface area contributed by atoms with E-state index in [4.69, 9.17) is 0 Å². The Kier molecular flexibility index (Phi) is 5.60. The zero-order chi connectivity index (χ0) is 11.1. The van der Waals surface area contributed by atoms with E-state index in [-0.39, 0.29) is 5.57 Å². The normalized spacial score (nSPS) is 14.7. The minimum absolute atomic E-state index is 0.0648. The van der Waals surface area contributed by atoms with Gasteiger partial charge in [0.15, 0.2) is 0 Å². The van der Waals surface area contributed by atoms with Gasteiger partial charge in [-0.25, -0.2) is 9.90 Å². The topological polar surface area (TPSA) is 57.3 Å². The van der Waals surface area contributed by atoms with E-state index in [1.807, 2.05) is 11.8 Å². The van der Waals surface area contributed by atoms with E-state index in [2.05, 4.69) is 6.58 Å². The maximum Gasteiger partial charge on any atom is 0.381 e. The van der Waals surface area contributed by atoms with Crippen molar-refractivity contribution in [2.45, 2.75) is 26.7 Å². The first-order chi connectivity index (χ1) is 6.49. The van der Waals surface area contributed by atoms with Crippen LogP contribution in [-0.2, 0) is 14.7 Å². The molecule has 0 aromatic carbocycles. The van der Waals surface area contributed by atoms with Gasteiger partial charge in [0.05, 0.1) is 0 Å². The summed E-state index contributed by atoms with van der Waals surface area (Å²) < 4.78 is 0. The smallest absolute Gasteiger partial charge is 0.343 e. The molecule has 0 aliphatic carbocycles. The van der Waals surface area contributed by atoms with Crippen molar-refractivity contribution >= 4 is 11.9 Å². The number of likely N-dealkylation sites (tertiary alicyclic amines) is 1. The third-order valence-corrected chi connectivity index (χ3v) is 1.90. The number of carbonyl (C=O) groups excluding carboxylic acids is 2. The molecule has 0 atom stereocenters.